The zero-order chi connectivity index (χ0) is 13.8. The molecule has 4 heteroatoms. The van der Waals surface area contributed by atoms with E-state index in [1.54, 1.807) is 6.20 Å². The largest absolute Gasteiger partial charge is 0.398 e. The van der Waals surface area contributed by atoms with Gasteiger partial charge in [0.2, 0.25) is 0 Å². The van der Waals surface area contributed by atoms with Crippen molar-refractivity contribution in [2.45, 2.75) is 38.8 Å². The molecular formula is C14H26N4. The number of likely N-dealkylation sites (N-methyl/N-ethyl adjacent to an activating group) is 1. The summed E-state index contributed by atoms with van der Waals surface area (Å²) in [5.74, 6) is 0. The SMILES string of the molecule is CCCNC(c1cnccc1N)C(C)(C)N(C)C. The molecule has 0 bridgehead atoms. The lowest BCUT2D eigenvalue weighted by Gasteiger charge is -2.41. The van der Waals surface area contributed by atoms with Gasteiger partial charge in [-0.1, -0.05) is 6.92 Å². The minimum absolute atomic E-state index is 0.0354. The average Bonchev–Trinajstić information content (AvgIpc) is 2.31. The van der Waals surface area contributed by atoms with Gasteiger partial charge in [-0.2, -0.15) is 0 Å². The summed E-state index contributed by atoms with van der Waals surface area (Å²) < 4.78 is 0. The Hall–Kier alpha value is -1.13. The van der Waals surface area contributed by atoms with Gasteiger partial charge in [-0.05, 0) is 47.0 Å². The Bertz CT molecular complexity index is 374. The van der Waals surface area contributed by atoms with Crippen LogP contribution in [0, 0.1) is 0 Å². The summed E-state index contributed by atoms with van der Waals surface area (Å²) in [6.45, 7) is 7.56. The molecule has 1 heterocycles. The molecule has 1 rings (SSSR count). The van der Waals surface area contributed by atoms with Gasteiger partial charge in [0, 0.05) is 29.2 Å². The number of hydrogen-bond acceptors (Lipinski definition) is 4. The number of hydrogen-bond donors (Lipinski definition) is 2. The quantitative estimate of drug-likeness (QED) is 0.811. The maximum Gasteiger partial charge on any atom is 0.0537 e. The summed E-state index contributed by atoms with van der Waals surface area (Å²) in [4.78, 5) is 6.42. The van der Waals surface area contributed by atoms with E-state index >= 15 is 0 Å². The third-order valence-electron chi connectivity index (χ3n) is 3.66. The van der Waals surface area contributed by atoms with Gasteiger partial charge in [-0.25, -0.2) is 0 Å². The Kier molecular flexibility index (Phi) is 5.11. The monoisotopic (exact) mass is 250 g/mol. The molecule has 1 aromatic heterocycles. The van der Waals surface area contributed by atoms with E-state index in [1.165, 1.54) is 0 Å². The molecular weight excluding hydrogens is 224 g/mol. The third-order valence-corrected chi connectivity index (χ3v) is 3.66. The molecule has 102 valence electrons. The van der Waals surface area contributed by atoms with Crippen molar-refractivity contribution in [2.75, 3.05) is 26.4 Å². The molecule has 3 N–H and O–H groups in total. The maximum absolute atomic E-state index is 6.09. The fraction of sp³-hybridized carbons (Fsp3) is 0.643. The Morgan fingerprint density at radius 1 is 1.44 bits per heavy atom. The van der Waals surface area contributed by atoms with Crippen LogP contribution in [0.5, 0.6) is 0 Å². The van der Waals surface area contributed by atoms with Gasteiger partial charge in [-0.3, -0.25) is 4.98 Å². The molecule has 18 heavy (non-hydrogen) atoms. The van der Waals surface area contributed by atoms with Crippen molar-refractivity contribution in [1.82, 2.24) is 15.2 Å². The average molecular weight is 250 g/mol. The van der Waals surface area contributed by atoms with Gasteiger partial charge in [0.15, 0.2) is 0 Å². The highest BCUT2D eigenvalue weighted by atomic mass is 15.2. The lowest BCUT2D eigenvalue weighted by atomic mass is 9.87. The molecule has 0 aliphatic heterocycles. The number of anilines is 1. The van der Waals surface area contributed by atoms with Crippen molar-refractivity contribution in [3.8, 4) is 0 Å². The van der Waals surface area contributed by atoms with E-state index in [4.69, 9.17) is 5.73 Å². The van der Waals surface area contributed by atoms with Crippen LogP contribution in [-0.2, 0) is 0 Å². The molecule has 0 aromatic carbocycles. The lowest BCUT2D eigenvalue weighted by molar-refractivity contribution is 0.138. The van der Waals surface area contributed by atoms with E-state index in [1.807, 2.05) is 12.3 Å². The zero-order valence-corrected chi connectivity index (χ0v) is 12.2. The zero-order valence-electron chi connectivity index (χ0n) is 12.2. The molecule has 0 radical (unpaired) electrons. The van der Waals surface area contributed by atoms with Gasteiger partial charge >= 0.3 is 0 Å². The van der Waals surface area contributed by atoms with Crippen LogP contribution in [0.4, 0.5) is 5.69 Å². The van der Waals surface area contributed by atoms with Crippen molar-refractivity contribution >= 4 is 5.69 Å². The fourth-order valence-corrected chi connectivity index (χ4v) is 1.95. The summed E-state index contributed by atoms with van der Waals surface area (Å²) in [6, 6.07) is 2.03. The van der Waals surface area contributed by atoms with E-state index in [2.05, 4.69) is 50.1 Å². The van der Waals surface area contributed by atoms with Crippen LogP contribution in [0.15, 0.2) is 18.5 Å². The summed E-state index contributed by atoms with van der Waals surface area (Å²) in [6.07, 6.45) is 4.70. The summed E-state index contributed by atoms with van der Waals surface area (Å²) in [5.41, 5.74) is 7.93. The Balaban J connectivity index is 3.09. The normalized spacial score (nSPS) is 13.9. The van der Waals surface area contributed by atoms with Crippen molar-refractivity contribution in [1.29, 1.82) is 0 Å². The van der Waals surface area contributed by atoms with E-state index < -0.39 is 0 Å². The first-order valence-electron chi connectivity index (χ1n) is 6.51. The minimum Gasteiger partial charge on any atom is -0.398 e. The molecule has 4 nitrogen and oxygen atoms in total. The minimum atomic E-state index is -0.0354. The molecule has 0 amide bonds. The van der Waals surface area contributed by atoms with Crippen molar-refractivity contribution < 1.29 is 0 Å². The van der Waals surface area contributed by atoms with E-state index in [0.717, 1.165) is 24.2 Å². The van der Waals surface area contributed by atoms with Crippen LogP contribution < -0.4 is 11.1 Å². The second-order valence-corrected chi connectivity index (χ2v) is 5.44. The summed E-state index contributed by atoms with van der Waals surface area (Å²) in [5, 5.41) is 3.59. The van der Waals surface area contributed by atoms with Crippen LogP contribution in [0.25, 0.3) is 0 Å². The smallest absolute Gasteiger partial charge is 0.0537 e. The fourth-order valence-electron chi connectivity index (χ4n) is 1.95. The number of nitrogen functional groups attached to an aromatic ring is 1. The number of nitrogens with zero attached hydrogens (tertiary/aromatic N) is 2. The van der Waals surface area contributed by atoms with Gasteiger partial charge in [0.05, 0.1) is 6.04 Å². The molecule has 0 aliphatic carbocycles. The van der Waals surface area contributed by atoms with Crippen LogP contribution in [0.1, 0.15) is 38.8 Å². The molecule has 0 fully saturated rings. The Morgan fingerprint density at radius 2 is 2.11 bits per heavy atom. The first kappa shape index (κ1) is 14.9. The first-order chi connectivity index (χ1) is 8.41. The number of pyridine rings is 1. The van der Waals surface area contributed by atoms with Crippen molar-refractivity contribution in [3.63, 3.8) is 0 Å². The second-order valence-electron chi connectivity index (χ2n) is 5.44. The first-order valence-corrected chi connectivity index (χ1v) is 6.51. The van der Waals surface area contributed by atoms with E-state index in [9.17, 15) is 0 Å². The molecule has 0 aliphatic rings. The van der Waals surface area contributed by atoms with Gasteiger partial charge in [0.25, 0.3) is 0 Å². The molecule has 1 atom stereocenters. The number of nitrogens with one attached hydrogen (secondary N) is 1. The maximum atomic E-state index is 6.09. The van der Waals surface area contributed by atoms with Crippen molar-refractivity contribution in [2.24, 2.45) is 0 Å². The summed E-state index contributed by atoms with van der Waals surface area (Å²) in [7, 11) is 4.18. The Morgan fingerprint density at radius 3 is 2.61 bits per heavy atom. The number of rotatable bonds is 6. The predicted octanol–water partition coefficient (Wildman–Crippen LogP) is 2.04. The summed E-state index contributed by atoms with van der Waals surface area (Å²) >= 11 is 0. The van der Waals surface area contributed by atoms with Crippen LogP contribution >= 0.6 is 0 Å². The standard InChI is InChI=1S/C14H26N4/c1-6-8-17-13(14(2,3)18(4)5)11-10-16-9-7-12(11)15/h7,9-10,13,17H,6,8H2,1-5H3,(H2,15,16). The van der Waals surface area contributed by atoms with Gasteiger partial charge in [-0.15, -0.1) is 0 Å². The molecule has 1 aromatic rings. The number of nitrogens with two attached hydrogens (primary N) is 1. The van der Waals surface area contributed by atoms with E-state index in [-0.39, 0.29) is 11.6 Å². The molecule has 0 spiro atoms. The van der Waals surface area contributed by atoms with Crippen LogP contribution in [-0.4, -0.2) is 36.1 Å². The van der Waals surface area contributed by atoms with E-state index in [0.29, 0.717) is 0 Å². The van der Waals surface area contributed by atoms with Crippen LogP contribution in [0.2, 0.25) is 0 Å². The third kappa shape index (κ3) is 3.21. The highest BCUT2D eigenvalue weighted by molar-refractivity contribution is 5.47. The predicted molar refractivity (Wildman–Crippen MR) is 77.5 cm³/mol. The van der Waals surface area contributed by atoms with Crippen LogP contribution in [0.3, 0.4) is 0 Å². The topological polar surface area (TPSA) is 54.2 Å². The molecule has 0 saturated carbocycles. The Labute approximate surface area is 111 Å². The number of aromatic nitrogens is 1. The van der Waals surface area contributed by atoms with Gasteiger partial charge < -0.3 is 16.0 Å². The lowest BCUT2D eigenvalue weighted by Crippen LogP contribution is -2.49. The second kappa shape index (κ2) is 6.16. The highest BCUT2D eigenvalue weighted by Gasteiger charge is 2.33. The molecule has 0 saturated heterocycles. The molecule has 1 unspecified atom stereocenters. The van der Waals surface area contributed by atoms with Crippen molar-refractivity contribution in [3.05, 3.63) is 24.0 Å². The van der Waals surface area contributed by atoms with Gasteiger partial charge in [0.1, 0.15) is 0 Å². The highest BCUT2D eigenvalue weighted by Crippen LogP contribution is 2.32.